The molecule has 0 saturated carbocycles. The van der Waals surface area contributed by atoms with Crippen molar-refractivity contribution in [1.29, 1.82) is 0 Å². The smallest absolute Gasteiger partial charge is 0.326 e. The van der Waals surface area contributed by atoms with E-state index in [-0.39, 0.29) is 11.6 Å². The van der Waals surface area contributed by atoms with E-state index >= 15 is 0 Å². The molecule has 0 unspecified atom stereocenters. The molecule has 7 nitrogen and oxygen atoms in total. The Balaban J connectivity index is 1.47. The Bertz CT molecular complexity index is 1210. The molecule has 30 heavy (non-hydrogen) atoms. The first-order chi connectivity index (χ1) is 14.6. The summed E-state index contributed by atoms with van der Waals surface area (Å²) in [4.78, 5) is 27.5. The maximum absolute atomic E-state index is 12.6. The van der Waals surface area contributed by atoms with Crippen LogP contribution in [0.25, 0.3) is 11.0 Å². The van der Waals surface area contributed by atoms with Gasteiger partial charge in [-0.15, -0.1) is 0 Å². The molecule has 4 rings (SSSR count). The maximum atomic E-state index is 12.6. The van der Waals surface area contributed by atoms with Crippen LogP contribution < -0.4 is 15.7 Å². The maximum Gasteiger partial charge on any atom is 0.326 e. The number of carbonyl (C=O) groups excluding carboxylic acids is 1. The SMILES string of the molecule is COCCn1c(=O)[nH]c2cc(C(=O)Nc3ccc(Oc4ccccc4)cc3)ccc21. The lowest BCUT2D eigenvalue weighted by molar-refractivity contribution is 0.102. The van der Waals surface area contributed by atoms with Gasteiger partial charge in [0.15, 0.2) is 0 Å². The first kappa shape index (κ1) is 19.5. The number of hydrogen-bond donors (Lipinski definition) is 2. The second-order valence-electron chi connectivity index (χ2n) is 6.70. The third kappa shape index (κ3) is 4.26. The minimum absolute atomic E-state index is 0.228. The van der Waals surface area contributed by atoms with E-state index in [1.54, 1.807) is 54.1 Å². The number of fused-ring (bicyclic) bond motifs is 1. The van der Waals surface area contributed by atoms with Crippen LogP contribution in [0.4, 0.5) is 5.69 Å². The molecule has 0 aliphatic rings. The summed E-state index contributed by atoms with van der Waals surface area (Å²) in [5.74, 6) is 1.16. The van der Waals surface area contributed by atoms with Crippen molar-refractivity contribution in [3.05, 3.63) is 88.8 Å². The predicted molar refractivity (Wildman–Crippen MR) is 115 cm³/mol. The van der Waals surface area contributed by atoms with Crippen LogP contribution in [0.2, 0.25) is 0 Å². The summed E-state index contributed by atoms with van der Waals surface area (Å²) < 4.78 is 12.4. The van der Waals surface area contributed by atoms with Crippen molar-refractivity contribution in [3.63, 3.8) is 0 Å². The van der Waals surface area contributed by atoms with Crippen LogP contribution in [0.1, 0.15) is 10.4 Å². The van der Waals surface area contributed by atoms with E-state index in [4.69, 9.17) is 9.47 Å². The van der Waals surface area contributed by atoms with Crippen LogP contribution in [0.15, 0.2) is 77.6 Å². The number of amides is 1. The molecule has 3 aromatic carbocycles. The number of carbonyl (C=O) groups is 1. The zero-order valence-electron chi connectivity index (χ0n) is 16.4. The number of rotatable bonds is 7. The number of benzene rings is 3. The van der Waals surface area contributed by atoms with Crippen molar-refractivity contribution >= 4 is 22.6 Å². The highest BCUT2D eigenvalue weighted by molar-refractivity contribution is 6.05. The Kier molecular flexibility index (Phi) is 5.63. The second-order valence-corrected chi connectivity index (χ2v) is 6.70. The van der Waals surface area contributed by atoms with Crippen LogP contribution in [0.3, 0.4) is 0 Å². The molecule has 0 saturated heterocycles. The minimum atomic E-state index is -0.265. The third-order valence-corrected chi connectivity index (χ3v) is 4.65. The predicted octanol–water partition coefficient (Wildman–Crippen LogP) is 4.02. The van der Waals surface area contributed by atoms with E-state index in [1.807, 2.05) is 30.3 Å². The van der Waals surface area contributed by atoms with Gasteiger partial charge in [-0.25, -0.2) is 4.79 Å². The van der Waals surface area contributed by atoms with Crippen LogP contribution in [0.5, 0.6) is 11.5 Å². The molecule has 2 N–H and O–H groups in total. The zero-order chi connectivity index (χ0) is 20.9. The minimum Gasteiger partial charge on any atom is -0.457 e. The van der Waals surface area contributed by atoms with Gasteiger partial charge in [0.25, 0.3) is 5.91 Å². The molecule has 0 bridgehead atoms. The molecule has 0 atom stereocenters. The van der Waals surface area contributed by atoms with Gasteiger partial charge >= 0.3 is 5.69 Å². The number of hydrogen-bond acceptors (Lipinski definition) is 4. The molecule has 0 fully saturated rings. The van der Waals surface area contributed by atoms with Gasteiger partial charge in [-0.2, -0.15) is 0 Å². The van der Waals surface area contributed by atoms with Gasteiger partial charge in [0.1, 0.15) is 11.5 Å². The number of aromatic nitrogens is 2. The Morgan fingerprint density at radius 2 is 1.73 bits per heavy atom. The quantitative estimate of drug-likeness (QED) is 0.488. The van der Waals surface area contributed by atoms with Gasteiger partial charge in [-0.1, -0.05) is 18.2 Å². The largest absolute Gasteiger partial charge is 0.457 e. The Morgan fingerprint density at radius 1 is 1.00 bits per heavy atom. The van der Waals surface area contributed by atoms with Crippen LogP contribution in [-0.4, -0.2) is 29.2 Å². The topological polar surface area (TPSA) is 85.4 Å². The molecule has 0 aliphatic heterocycles. The fraction of sp³-hybridized carbons (Fsp3) is 0.130. The number of para-hydroxylation sites is 1. The number of nitrogens with one attached hydrogen (secondary N) is 2. The van der Waals surface area contributed by atoms with E-state index in [1.165, 1.54) is 0 Å². The number of nitrogens with zero attached hydrogens (tertiary/aromatic N) is 1. The summed E-state index contributed by atoms with van der Waals surface area (Å²) in [6.07, 6.45) is 0. The second kappa shape index (κ2) is 8.67. The lowest BCUT2D eigenvalue weighted by atomic mass is 10.1. The molecule has 7 heteroatoms. The molecule has 0 aliphatic carbocycles. The molecule has 1 aromatic heterocycles. The third-order valence-electron chi connectivity index (χ3n) is 4.65. The van der Waals surface area contributed by atoms with E-state index in [0.717, 1.165) is 11.3 Å². The molecule has 4 aromatic rings. The summed E-state index contributed by atoms with van der Waals surface area (Å²) in [6, 6.07) is 21.7. The van der Waals surface area contributed by atoms with E-state index in [9.17, 15) is 9.59 Å². The Hall–Kier alpha value is -3.84. The molecular formula is C23H21N3O4. The average Bonchev–Trinajstić information content (AvgIpc) is 3.08. The number of H-pyrrole nitrogens is 1. The fourth-order valence-electron chi connectivity index (χ4n) is 3.14. The average molecular weight is 403 g/mol. The Labute approximate surface area is 172 Å². The summed E-state index contributed by atoms with van der Waals surface area (Å²) in [5.41, 5.74) is 2.21. The fourth-order valence-corrected chi connectivity index (χ4v) is 3.14. The van der Waals surface area contributed by atoms with Crippen molar-refractivity contribution in [2.75, 3.05) is 19.0 Å². The number of anilines is 1. The number of imidazole rings is 1. The van der Waals surface area contributed by atoms with Crippen molar-refractivity contribution in [1.82, 2.24) is 9.55 Å². The number of aromatic amines is 1. The monoisotopic (exact) mass is 403 g/mol. The highest BCUT2D eigenvalue weighted by Gasteiger charge is 2.11. The van der Waals surface area contributed by atoms with E-state index in [2.05, 4.69) is 10.3 Å². The van der Waals surface area contributed by atoms with Crippen molar-refractivity contribution in [2.45, 2.75) is 6.54 Å². The van der Waals surface area contributed by atoms with Crippen molar-refractivity contribution < 1.29 is 14.3 Å². The van der Waals surface area contributed by atoms with Crippen molar-refractivity contribution in [3.8, 4) is 11.5 Å². The lowest BCUT2D eigenvalue weighted by Crippen LogP contribution is -2.19. The number of methoxy groups -OCH3 is 1. The highest BCUT2D eigenvalue weighted by Crippen LogP contribution is 2.23. The summed E-state index contributed by atoms with van der Waals surface area (Å²) >= 11 is 0. The standard InChI is InChI=1S/C23H21N3O4/c1-29-14-13-26-21-12-7-16(15-20(21)25-23(26)28)22(27)24-17-8-10-19(11-9-17)30-18-5-3-2-4-6-18/h2-12,15H,13-14H2,1H3,(H,24,27)(H,25,28). The molecule has 152 valence electrons. The molecule has 0 radical (unpaired) electrons. The van der Waals surface area contributed by atoms with Gasteiger partial charge in [0, 0.05) is 18.4 Å². The van der Waals surface area contributed by atoms with Gasteiger partial charge in [0.2, 0.25) is 0 Å². The van der Waals surface area contributed by atoms with Gasteiger partial charge < -0.3 is 19.8 Å². The van der Waals surface area contributed by atoms with E-state index < -0.39 is 0 Å². The first-order valence-electron chi connectivity index (χ1n) is 9.50. The molecule has 0 spiro atoms. The summed E-state index contributed by atoms with van der Waals surface area (Å²) in [6.45, 7) is 0.872. The Morgan fingerprint density at radius 3 is 2.47 bits per heavy atom. The van der Waals surface area contributed by atoms with Crippen molar-refractivity contribution in [2.24, 2.45) is 0 Å². The van der Waals surface area contributed by atoms with Gasteiger partial charge in [0.05, 0.1) is 24.2 Å². The van der Waals surface area contributed by atoms with Crippen LogP contribution >= 0.6 is 0 Å². The number of ether oxygens (including phenoxy) is 2. The normalized spacial score (nSPS) is 10.8. The summed E-state index contributed by atoms with van der Waals surface area (Å²) in [7, 11) is 1.59. The molecule has 1 amide bonds. The van der Waals surface area contributed by atoms with Crippen LogP contribution in [0, 0.1) is 0 Å². The zero-order valence-corrected chi connectivity index (χ0v) is 16.4. The highest BCUT2D eigenvalue weighted by atomic mass is 16.5. The molecular weight excluding hydrogens is 382 g/mol. The summed E-state index contributed by atoms with van der Waals surface area (Å²) in [5, 5.41) is 2.86. The lowest BCUT2D eigenvalue weighted by Gasteiger charge is -2.08. The van der Waals surface area contributed by atoms with E-state index in [0.29, 0.717) is 35.7 Å². The van der Waals surface area contributed by atoms with Crippen LogP contribution in [-0.2, 0) is 11.3 Å². The van der Waals surface area contributed by atoms with Gasteiger partial charge in [-0.3, -0.25) is 9.36 Å². The first-order valence-corrected chi connectivity index (χ1v) is 9.50. The molecule has 1 heterocycles. The van der Waals surface area contributed by atoms with Gasteiger partial charge in [-0.05, 0) is 54.6 Å².